The maximum Gasteiger partial charge on any atom is 0.400 e. The second kappa shape index (κ2) is 12.9. The molecule has 0 heterocycles. The molecular weight excluding hydrogens is 421 g/mol. The Morgan fingerprint density at radius 2 is 1.91 bits per heavy atom. The molecule has 2 rings (SSSR count). The van der Waals surface area contributed by atoms with E-state index in [9.17, 15) is 18.0 Å². The zero-order valence-electron chi connectivity index (χ0n) is 18.9. The summed E-state index contributed by atoms with van der Waals surface area (Å²) >= 11 is 0. The van der Waals surface area contributed by atoms with Gasteiger partial charge in [0, 0.05) is 6.07 Å². The van der Waals surface area contributed by atoms with E-state index >= 15 is 0 Å². The zero-order valence-corrected chi connectivity index (χ0v) is 18.9. The lowest BCUT2D eigenvalue weighted by molar-refractivity contribution is -0.223. The summed E-state index contributed by atoms with van der Waals surface area (Å²) in [5.74, 6) is -1.85. The molecule has 1 fully saturated rings. The van der Waals surface area contributed by atoms with E-state index in [0.29, 0.717) is 30.7 Å². The number of carbonyl (C=O) groups is 1. The molecule has 0 amide bonds. The zero-order chi connectivity index (χ0) is 23.6. The summed E-state index contributed by atoms with van der Waals surface area (Å²) in [6, 6.07) is 3.75. The molecule has 0 aliphatic heterocycles. The van der Waals surface area contributed by atoms with Gasteiger partial charge in [0.25, 0.3) is 0 Å². The summed E-state index contributed by atoms with van der Waals surface area (Å²) < 4.78 is 53.5. The van der Waals surface area contributed by atoms with E-state index in [1.807, 2.05) is 0 Å². The highest BCUT2D eigenvalue weighted by molar-refractivity contribution is 5.87. The number of ether oxygens (including phenoxy) is 2. The van der Waals surface area contributed by atoms with Crippen LogP contribution >= 0.6 is 0 Å². The average molecular weight is 457 g/mol. The largest absolute Gasteiger partial charge is 0.462 e. The lowest BCUT2D eigenvalue weighted by Crippen LogP contribution is -2.37. The fraction of sp³-hybridized carbons (Fsp3) is 0.640. The first-order valence-corrected chi connectivity index (χ1v) is 11.6. The highest BCUT2D eigenvalue weighted by atomic mass is 19.3. The molecule has 0 bridgehead atoms. The first-order valence-electron chi connectivity index (χ1n) is 11.6. The lowest BCUT2D eigenvalue weighted by Gasteiger charge is -2.33. The molecular formula is C25H35F3O4. The van der Waals surface area contributed by atoms with Crippen molar-refractivity contribution in [3.05, 3.63) is 41.7 Å². The monoisotopic (exact) mass is 456 g/mol. The third-order valence-corrected chi connectivity index (χ3v) is 6.12. The van der Waals surface area contributed by atoms with Crippen molar-refractivity contribution in [2.45, 2.75) is 77.2 Å². The van der Waals surface area contributed by atoms with Gasteiger partial charge in [-0.2, -0.15) is 8.78 Å². The van der Waals surface area contributed by atoms with Crippen LogP contribution in [0.5, 0.6) is 5.75 Å². The Kier molecular flexibility index (Phi) is 10.6. The molecule has 0 radical (unpaired) electrons. The molecule has 1 aromatic carbocycles. The van der Waals surface area contributed by atoms with Gasteiger partial charge in [0.2, 0.25) is 0 Å². The minimum Gasteiger partial charge on any atom is -0.462 e. The number of hydrogen-bond donors (Lipinski definition) is 1. The van der Waals surface area contributed by atoms with Crippen molar-refractivity contribution in [2.75, 3.05) is 13.2 Å². The van der Waals surface area contributed by atoms with Crippen molar-refractivity contribution in [1.82, 2.24) is 0 Å². The lowest BCUT2D eigenvalue weighted by atomic mass is 9.79. The number of benzene rings is 1. The number of aliphatic hydroxyl groups excluding tert-OH is 1. The molecule has 1 aliphatic carbocycles. The van der Waals surface area contributed by atoms with Gasteiger partial charge in [0.15, 0.2) is 0 Å². The Morgan fingerprint density at radius 3 is 2.53 bits per heavy atom. The Bertz CT molecular complexity index is 743. The van der Waals surface area contributed by atoms with Gasteiger partial charge in [0.1, 0.15) is 11.6 Å². The summed E-state index contributed by atoms with van der Waals surface area (Å²) in [7, 11) is 0. The second-order valence-electron chi connectivity index (χ2n) is 8.63. The van der Waals surface area contributed by atoms with Gasteiger partial charge >= 0.3 is 12.1 Å². The summed E-state index contributed by atoms with van der Waals surface area (Å²) in [4.78, 5) is 11.4. The van der Waals surface area contributed by atoms with E-state index in [2.05, 4.69) is 13.5 Å². The van der Waals surface area contributed by atoms with E-state index in [4.69, 9.17) is 14.6 Å². The third kappa shape index (κ3) is 8.15. The maximum absolute atomic E-state index is 14.7. The highest BCUT2D eigenvalue weighted by Crippen LogP contribution is 2.41. The number of halogens is 3. The Morgan fingerprint density at radius 1 is 1.19 bits per heavy atom. The predicted octanol–water partition coefficient (Wildman–Crippen LogP) is 6.21. The van der Waals surface area contributed by atoms with Crippen LogP contribution in [0.15, 0.2) is 30.4 Å². The molecule has 0 atom stereocenters. The number of aliphatic hydroxyl groups is 1. The second-order valence-corrected chi connectivity index (χ2v) is 8.63. The summed E-state index contributed by atoms with van der Waals surface area (Å²) in [6.07, 6.45) is 4.32. The van der Waals surface area contributed by atoms with E-state index in [0.717, 1.165) is 38.2 Å². The SMILES string of the molecule is C=C(CO)C(=O)OCCCc1ccc(OC(F)(F)C2CCC(CCCCC)CC2)cc1F. The van der Waals surface area contributed by atoms with Gasteiger partial charge in [-0.1, -0.05) is 45.3 Å². The first kappa shape index (κ1) is 26.2. The molecule has 1 aromatic rings. The van der Waals surface area contributed by atoms with Crippen LogP contribution in [0.2, 0.25) is 0 Å². The first-order chi connectivity index (χ1) is 15.3. The van der Waals surface area contributed by atoms with Crippen LogP contribution in [0.4, 0.5) is 13.2 Å². The van der Waals surface area contributed by atoms with Crippen molar-refractivity contribution >= 4 is 5.97 Å². The standard InChI is InChI=1S/C25H35F3O4/c1-3-4-5-7-19-9-12-21(13-10-19)25(27,28)32-22-14-11-20(23(26)16-22)8-6-15-31-24(30)18(2)17-29/h11,14,16,19,21,29H,2-10,12-13,15,17H2,1H3. The number of hydrogen-bond acceptors (Lipinski definition) is 4. The van der Waals surface area contributed by atoms with E-state index in [1.54, 1.807) is 0 Å². The fourth-order valence-corrected chi connectivity index (χ4v) is 4.10. The van der Waals surface area contributed by atoms with Gasteiger partial charge in [-0.05, 0) is 56.1 Å². The maximum atomic E-state index is 14.7. The van der Waals surface area contributed by atoms with Crippen molar-refractivity contribution in [3.63, 3.8) is 0 Å². The Balaban J connectivity index is 1.81. The number of unbranched alkanes of at least 4 members (excludes halogenated alkanes) is 2. The van der Waals surface area contributed by atoms with Crippen molar-refractivity contribution in [1.29, 1.82) is 0 Å². The number of rotatable bonds is 13. The number of alkyl halides is 2. The minimum absolute atomic E-state index is 0.0364. The van der Waals surface area contributed by atoms with Crippen LogP contribution in [0.25, 0.3) is 0 Å². The third-order valence-electron chi connectivity index (χ3n) is 6.12. The van der Waals surface area contributed by atoms with E-state index in [-0.39, 0.29) is 24.4 Å². The normalized spacial score (nSPS) is 18.9. The molecule has 7 heteroatoms. The summed E-state index contributed by atoms with van der Waals surface area (Å²) in [6.45, 7) is 5.06. The smallest absolute Gasteiger partial charge is 0.400 e. The van der Waals surface area contributed by atoms with Crippen LogP contribution in [-0.2, 0) is 16.0 Å². The molecule has 0 spiro atoms. The Labute approximate surface area is 188 Å². The van der Waals surface area contributed by atoms with Gasteiger partial charge < -0.3 is 14.6 Å². The van der Waals surface area contributed by atoms with Crippen molar-refractivity contribution in [2.24, 2.45) is 11.8 Å². The molecule has 1 N–H and O–H groups in total. The van der Waals surface area contributed by atoms with E-state index < -0.39 is 30.4 Å². The average Bonchev–Trinajstić information content (AvgIpc) is 2.77. The quantitative estimate of drug-likeness (QED) is 0.218. The molecule has 0 aromatic heterocycles. The van der Waals surface area contributed by atoms with Crippen LogP contribution in [0, 0.1) is 17.7 Å². The fourth-order valence-electron chi connectivity index (χ4n) is 4.10. The minimum atomic E-state index is -3.33. The topological polar surface area (TPSA) is 55.8 Å². The predicted molar refractivity (Wildman–Crippen MR) is 117 cm³/mol. The van der Waals surface area contributed by atoms with Gasteiger partial charge in [-0.3, -0.25) is 0 Å². The molecule has 0 unspecified atom stereocenters. The van der Waals surface area contributed by atoms with E-state index in [1.165, 1.54) is 18.6 Å². The molecule has 1 aliphatic rings. The van der Waals surface area contributed by atoms with Crippen LogP contribution in [0.1, 0.15) is 70.3 Å². The number of carbonyl (C=O) groups excluding carboxylic acids is 1. The summed E-state index contributed by atoms with van der Waals surface area (Å²) in [5.41, 5.74) is 0.272. The van der Waals surface area contributed by atoms with Crippen molar-refractivity contribution in [3.8, 4) is 5.75 Å². The highest BCUT2D eigenvalue weighted by Gasteiger charge is 2.43. The van der Waals surface area contributed by atoms with Crippen molar-refractivity contribution < 1.29 is 32.5 Å². The number of esters is 1. The molecule has 32 heavy (non-hydrogen) atoms. The number of aryl methyl sites for hydroxylation is 1. The molecule has 1 saturated carbocycles. The van der Waals surface area contributed by atoms with Gasteiger partial charge in [-0.15, -0.1) is 0 Å². The molecule has 180 valence electrons. The van der Waals surface area contributed by atoms with Crippen LogP contribution in [0.3, 0.4) is 0 Å². The van der Waals surface area contributed by atoms with Crippen LogP contribution < -0.4 is 4.74 Å². The van der Waals surface area contributed by atoms with Gasteiger partial charge in [-0.25, -0.2) is 9.18 Å². The van der Waals surface area contributed by atoms with Crippen LogP contribution in [-0.4, -0.2) is 30.4 Å². The molecule has 0 saturated heterocycles. The summed E-state index contributed by atoms with van der Waals surface area (Å²) in [5, 5.41) is 8.80. The molecule has 4 nitrogen and oxygen atoms in total. The Hall–Kier alpha value is -2.02. The van der Waals surface area contributed by atoms with Gasteiger partial charge in [0.05, 0.1) is 24.7 Å².